The highest BCUT2D eigenvalue weighted by atomic mass is 32.2. The van der Waals surface area contributed by atoms with Gasteiger partial charge in [0.2, 0.25) is 0 Å². The maximum absolute atomic E-state index is 3.45. The van der Waals surface area contributed by atoms with E-state index in [2.05, 4.69) is 54.5 Å². The van der Waals surface area contributed by atoms with Crippen molar-refractivity contribution in [1.29, 1.82) is 0 Å². The summed E-state index contributed by atoms with van der Waals surface area (Å²) in [7, 11) is 0. The van der Waals surface area contributed by atoms with Crippen LogP contribution in [0.5, 0.6) is 0 Å². The van der Waals surface area contributed by atoms with Crippen LogP contribution in [0.3, 0.4) is 0 Å². The molecule has 2 N–H and O–H groups in total. The molecule has 0 aliphatic rings. The SMILES string of the molecule is CC(C)CNCCSc1cc2ccccc2[nH]1. The highest BCUT2D eigenvalue weighted by molar-refractivity contribution is 7.99. The zero-order valence-corrected chi connectivity index (χ0v) is 11.3. The molecule has 0 aliphatic heterocycles. The summed E-state index contributed by atoms with van der Waals surface area (Å²) in [5.41, 5.74) is 1.23. The average Bonchev–Trinajstić information content (AvgIpc) is 2.70. The number of hydrogen-bond acceptors (Lipinski definition) is 2. The van der Waals surface area contributed by atoms with E-state index in [1.54, 1.807) is 0 Å². The van der Waals surface area contributed by atoms with Gasteiger partial charge in [-0.1, -0.05) is 32.0 Å². The van der Waals surface area contributed by atoms with E-state index >= 15 is 0 Å². The molecular formula is C14H20N2S. The van der Waals surface area contributed by atoms with Crippen LogP contribution >= 0.6 is 11.8 Å². The first-order valence-electron chi connectivity index (χ1n) is 6.17. The monoisotopic (exact) mass is 248 g/mol. The van der Waals surface area contributed by atoms with Gasteiger partial charge >= 0.3 is 0 Å². The normalized spacial score (nSPS) is 11.5. The second-order valence-electron chi connectivity index (χ2n) is 4.67. The lowest BCUT2D eigenvalue weighted by molar-refractivity contribution is 0.568. The van der Waals surface area contributed by atoms with Crippen molar-refractivity contribution in [1.82, 2.24) is 10.3 Å². The maximum atomic E-state index is 3.45. The third kappa shape index (κ3) is 3.79. The van der Waals surface area contributed by atoms with Gasteiger partial charge in [-0.2, -0.15) is 0 Å². The number of para-hydroxylation sites is 1. The second kappa shape index (κ2) is 6.12. The van der Waals surface area contributed by atoms with Crippen molar-refractivity contribution in [3.8, 4) is 0 Å². The average molecular weight is 248 g/mol. The summed E-state index contributed by atoms with van der Waals surface area (Å²) >= 11 is 1.88. The minimum absolute atomic E-state index is 0.730. The smallest absolute Gasteiger partial charge is 0.0732 e. The summed E-state index contributed by atoms with van der Waals surface area (Å²) in [6, 6.07) is 10.6. The highest BCUT2D eigenvalue weighted by Gasteiger charge is 2.00. The molecule has 0 spiro atoms. The van der Waals surface area contributed by atoms with E-state index in [9.17, 15) is 0 Å². The van der Waals surface area contributed by atoms with Gasteiger partial charge in [0.05, 0.1) is 5.03 Å². The lowest BCUT2D eigenvalue weighted by Crippen LogP contribution is -2.22. The zero-order valence-electron chi connectivity index (χ0n) is 10.5. The fourth-order valence-corrected chi connectivity index (χ4v) is 2.61. The lowest BCUT2D eigenvalue weighted by atomic mass is 10.2. The van der Waals surface area contributed by atoms with Gasteiger partial charge in [-0.25, -0.2) is 0 Å². The van der Waals surface area contributed by atoms with Gasteiger partial charge in [0.25, 0.3) is 0 Å². The molecule has 0 atom stereocenters. The third-order valence-electron chi connectivity index (χ3n) is 2.59. The molecule has 17 heavy (non-hydrogen) atoms. The van der Waals surface area contributed by atoms with Crippen LogP contribution in [-0.2, 0) is 0 Å². The Labute approximate surface area is 107 Å². The van der Waals surface area contributed by atoms with E-state index in [0.29, 0.717) is 0 Å². The Bertz CT molecular complexity index is 429. The van der Waals surface area contributed by atoms with Crippen molar-refractivity contribution in [2.24, 2.45) is 5.92 Å². The Morgan fingerprint density at radius 2 is 2.12 bits per heavy atom. The van der Waals surface area contributed by atoms with Crippen LogP contribution in [0, 0.1) is 5.92 Å². The van der Waals surface area contributed by atoms with E-state index in [0.717, 1.165) is 24.8 Å². The van der Waals surface area contributed by atoms with Gasteiger partial charge in [0, 0.05) is 23.2 Å². The Balaban J connectivity index is 1.79. The van der Waals surface area contributed by atoms with Gasteiger partial charge in [-0.05, 0) is 24.6 Å². The molecule has 2 aromatic rings. The molecule has 2 nitrogen and oxygen atoms in total. The summed E-state index contributed by atoms with van der Waals surface area (Å²) in [5, 5.41) is 6.01. The van der Waals surface area contributed by atoms with E-state index in [1.165, 1.54) is 15.9 Å². The number of fused-ring (bicyclic) bond motifs is 1. The molecule has 0 fully saturated rings. The van der Waals surface area contributed by atoms with E-state index in [-0.39, 0.29) is 0 Å². The first-order chi connectivity index (χ1) is 8.25. The molecule has 1 aromatic carbocycles. The molecule has 0 radical (unpaired) electrons. The van der Waals surface area contributed by atoms with Crippen molar-refractivity contribution in [2.45, 2.75) is 18.9 Å². The lowest BCUT2D eigenvalue weighted by Gasteiger charge is -2.06. The summed E-state index contributed by atoms with van der Waals surface area (Å²) in [5.74, 6) is 1.84. The molecular weight excluding hydrogens is 228 g/mol. The molecule has 0 bridgehead atoms. The molecule has 1 aromatic heterocycles. The van der Waals surface area contributed by atoms with Crippen molar-refractivity contribution in [2.75, 3.05) is 18.8 Å². The van der Waals surface area contributed by atoms with Crippen LogP contribution in [0.25, 0.3) is 10.9 Å². The van der Waals surface area contributed by atoms with Gasteiger partial charge in [0.1, 0.15) is 0 Å². The minimum atomic E-state index is 0.730. The van der Waals surface area contributed by atoms with E-state index < -0.39 is 0 Å². The van der Waals surface area contributed by atoms with Crippen LogP contribution in [-0.4, -0.2) is 23.8 Å². The Morgan fingerprint density at radius 3 is 2.88 bits per heavy atom. The van der Waals surface area contributed by atoms with Crippen LogP contribution < -0.4 is 5.32 Å². The fourth-order valence-electron chi connectivity index (χ4n) is 1.75. The molecule has 2 rings (SSSR count). The highest BCUT2D eigenvalue weighted by Crippen LogP contribution is 2.22. The first kappa shape index (κ1) is 12.5. The number of thioether (sulfide) groups is 1. The molecule has 0 saturated heterocycles. The van der Waals surface area contributed by atoms with Gasteiger partial charge < -0.3 is 10.3 Å². The van der Waals surface area contributed by atoms with Crippen molar-refractivity contribution in [3.05, 3.63) is 30.3 Å². The van der Waals surface area contributed by atoms with Crippen molar-refractivity contribution < 1.29 is 0 Å². The van der Waals surface area contributed by atoms with Crippen LogP contribution in [0.1, 0.15) is 13.8 Å². The van der Waals surface area contributed by atoms with Gasteiger partial charge in [0.15, 0.2) is 0 Å². The second-order valence-corrected chi connectivity index (χ2v) is 5.80. The number of H-pyrrole nitrogens is 1. The number of rotatable bonds is 6. The molecule has 92 valence electrons. The number of aromatic amines is 1. The number of aromatic nitrogens is 1. The zero-order chi connectivity index (χ0) is 12.1. The van der Waals surface area contributed by atoms with E-state index in [4.69, 9.17) is 0 Å². The summed E-state index contributed by atoms with van der Waals surface area (Å²) < 4.78 is 0. The summed E-state index contributed by atoms with van der Waals surface area (Å²) in [4.78, 5) is 3.43. The molecule has 0 saturated carbocycles. The standard InChI is InChI=1S/C14H20N2S/c1-11(2)10-15-7-8-17-14-9-12-5-3-4-6-13(12)16-14/h3-6,9,11,15-16H,7-8,10H2,1-2H3. The largest absolute Gasteiger partial charge is 0.350 e. The van der Waals surface area contributed by atoms with Gasteiger partial charge in [-0.15, -0.1) is 11.8 Å². The topological polar surface area (TPSA) is 27.8 Å². The van der Waals surface area contributed by atoms with Crippen LogP contribution in [0.15, 0.2) is 35.4 Å². The maximum Gasteiger partial charge on any atom is 0.0732 e. The Morgan fingerprint density at radius 1 is 1.29 bits per heavy atom. The Hall–Kier alpha value is -0.930. The minimum Gasteiger partial charge on any atom is -0.350 e. The van der Waals surface area contributed by atoms with Crippen molar-refractivity contribution >= 4 is 22.7 Å². The molecule has 0 unspecified atom stereocenters. The summed E-state index contributed by atoms with van der Waals surface area (Å²) in [6.45, 7) is 6.64. The molecule has 0 amide bonds. The van der Waals surface area contributed by atoms with E-state index in [1.807, 2.05) is 11.8 Å². The first-order valence-corrected chi connectivity index (χ1v) is 7.15. The summed E-state index contributed by atoms with van der Waals surface area (Å²) in [6.07, 6.45) is 0. The number of nitrogens with one attached hydrogen (secondary N) is 2. The molecule has 1 heterocycles. The van der Waals surface area contributed by atoms with Gasteiger partial charge in [-0.3, -0.25) is 0 Å². The Kier molecular flexibility index (Phi) is 4.51. The quantitative estimate of drug-likeness (QED) is 0.605. The molecule has 0 aliphatic carbocycles. The number of hydrogen-bond donors (Lipinski definition) is 2. The third-order valence-corrected chi connectivity index (χ3v) is 3.53. The predicted octanol–water partition coefficient (Wildman–Crippen LogP) is 3.51. The van der Waals surface area contributed by atoms with Crippen molar-refractivity contribution in [3.63, 3.8) is 0 Å². The van der Waals surface area contributed by atoms with Crippen LogP contribution in [0.2, 0.25) is 0 Å². The molecule has 3 heteroatoms. The van der Waals surface area contributed by atoms with Crippen LogP contribution in [0.4, 0.5) is 0 Å². The fraction of sp³-hybridized carbons (Fsp3) is 0.429. The predicted molar refractivity (Wildman–Crippen MR) is 76.7 cm³/mol. The number of benzene rings is 1.